The number of amides is 2. The van der Waals surface area contributed by atoms with E-state index in [1.54, 1.807) is 25.1 Å². The van der Waals surface area contributed by atoms with Crippen molar-refractivity contribution in [2.45, 2.75) is 40.7 Å². The van der Waals surface area contributed by atoms with Crippen molar-refractivity contribution in [3.8, 4) is 5.75 Å². The molecule has 2 amide bonds. The monoisotopic (exact) mass is 407 g/mol. The summed E-state index contributed by atoms with van der Waals surface area (Å²) in [6, 6.07) is 4.52. The highest BCUT2D eigenvalue weighted by molar-refractivity contribution is 6.34. The first-order valence-corrected chi connectivity index (χ1v) is 9.44. The number of hydrogen-bond donors (Lipinski definition) is 2. The fraction of sp³-hybridized carbons (Fsp3) is 0.450. The summed E-state index contributed by atoms with van der Waals surface area (Å²) in [6.45, 7) is 9.16. The van der Waals surface area contributed by atoms with Crippen LogP contribution in [0.1, 0.15) is 55.9 Å². The lowest BCUT2D eigenvalue weighted by Crippen LogP contribution is -2.34. The zero-order valence-electron chi connectivity index (χ0n) is 16.9. The number of nitrogens with one attached hydrogen (secondary N) is 2. The van der Waals surface area contributed by atoms with Crippen LogP contribution in [0.25, 0.3) is 0 Å². The number of carbonyl (C=O) groups is 2. The largest absolute Gasteiger partial charge is 0.497 e. The Hall–Kier alpha value is -2.54. The second kappa shape index (κ2) is 9.10. The number of aromatic nitrogens is 1. The molecule has 0 bridgehead atoms. The molecule has 0 saturated carbocycles. The molecule has 0 radical (unpaired) electrons. The van der Waals surface area contributed by atoms with E-state index in [9.17, 15) is 9.59 Å². The lowest BCUT2D eigenvalue weighted by molar-refractivity contribution is -0.125. The van der Waals surface area contributed by atoms with E-state index in [0.29, 0.717) is 28.1 Å². The van der Waals surface area contributed by atoms with Crippen LogP contribution in [-0.2, 0) is 4.79 Å². The highest BCUT2D eigenvalue weighted by Gasteiger charge is 2.27. The third-order valence-electron chi connectivity index (χ3n) is 4.20. The van der Waals surface area contributed by atoms with Crippen LogP contribution in [0.15, 0.2) is 22.6 Å². The molecule has 0 unspecified atom stereocenters. The SMILES string of the molecule is COc1ccc(Cl)c(NC(=O)c2nc([C@H](NC(=O)C(C)C)C(C)C)oc2C)c1. The van der Waals surface area contributed by atoms with E-state index in [0.717, 1.165) is 0 Å². The number of halogens is 1. The van der Waals surface area contributed by atoms with Crippen molar-refractivity contribution in [1.29, 1.82) is 0 Å². The molecule has 28 heavy (non-hydrogen) atoms. The van der Waals surface area contributed by atoms with Crippen molar-refractivity contribution in [3.05, 3.63) is 40.6 Å². The highest BCUT2D eigenvalue weighted by Crippen LogP contribution is 2.28. The number of hydrogen-bond acceptors (Lipinski definition) is 5. The Bertz CT molecular complexity index is 861. The van der Waals surface area contributed by atoms with Gasteiger partial charge in [-0.25, -0.2) is 4.98 Å². The first-order valence-electron chi connectivity index (χ1n) is 9.06. The summed E-state index contributed by atoms with van der Waals surface area (Å²) in [5, 5.41) is 6.02. The van der Waals surface area contributed by atoms with E-state index in [1.807, 2.05) is 27.7 Å². The van der Waals surface area contributed by atoms with Gasteiger partial charge in [0.2, 0.25) is 11.8 Å². The molecule has 1 atom stereocenters. The molecule has 1 heterocycles. The Morgan fingerprint density at radius 2 is 1.89 bits per heavy atom. The first kappa shape index (κ1) is 21.8. The van der Waals surface area contributed by atoms with Crippen LogP contribution in [0.3, 0.4) is 0 Å². The second-order valence-electron chi connectivity index (χ2n) is 7.14. The molecule has 2 rings (SSSR count). The first-order chi connectivity index (χ1) is 13.1. The summed E-state index contributed by atoms with van der Waals surface area (Å²) < 4.78 is 10.9. The van der Waals surface area contributed by atoms with Gasteiger partial charge in [-0.2, -0.15) is 0 Å². The Morgan fingerprint density at radius 1 is 1.21 bits per heavy atom. The quantitative estimate of drug-likeness (QED) is 0.710. The predicted molar refractivity (Wildman–Crippen MR) is 108 cm³/mol. The molecule has 0 aliphatic heterocycles. The Morgan fingerprint density at radius 3 is 2.46 bits per heavy atom. The smallest absolute Gasteiger partial charge is 0.277 e. The van der Waals surface area contributed by atoms with Gasteiger partial charge >= 0.3 is 0 Å². The fourth-order valence-electron chi connectivity index (χ4n) is 2.50. The molecule has 0 spiro atoms. The molecule has 1 aromatic heterocycles. The minimum absolute atomic E-state index is 0.0319. The summed E-state index contributed by atoms with van der Waals surface area (Å²) in [5.74, 6) is 0.511. The standard InChI is InChI=1S/C20H26ClN3O4/c1-10(2)16(23-18(25)11(3)4)20-24-17(12(5)28-20)19(26)22-15-9-13(27-6)7-8-14(15)21/h7-11,16H,1-6H3,(H,22,26)(H,23,25)/t16-/m1/s1. The van der Waals surface area contributed by atoms with Gasteiger partial charge in [0.05, 0.1) is 17.8 Å². The average Bonchev–Trinajstić information content (AvgIpc) is 3.02. The van der Waals surface area contributed by atoms with Gasteiger partial charge in [-0.15, -0.1) is 0 Å². The van der Waals surface area contributed by atoms with Gasteiger partial charge in [0.1, 0.15) is 17.6 Å². The van der Waals surface area contributed by atoms with Crippen molar-refractivity contribution >= 4 is 29.1 Å². The number of benzene rings is 1. The maximum Gasteiger partial charge on any atom is 0.277 e. The van der Waals surface area contributed by atoms with Crippen LogP contribution in [0, 0.1) is 18.8 Å². The van der Waals surface area contributed by atoms with Gasteiger partial charge < -0.3 is 19.8 Å². The molecule has 2 aromatic rings. The van der Waals surface area contributed by atoms with Crippen molar-refractivity contribution < 1.29 is 18.7 Å². The molecular weight excluding hydrogens is 382 g/mol. The molecule has 2 N–H and O–H groups in total. The summed E-state index contributed by atoms with van der Waals surface area (Å²) in [4.78, 5) is 29.2. The summed E-state index contributed by atoms with van der Waals surface area (Å²) >= 11 is 6.15. The maximum absolute atomic E-state index is 12.7. The van der Waals surface area contributed by atoms with Gasteiger partial charge in [0, 0.05) is 12.0 Å². The van der Waals surface area contributed by atoms with Gasteiger partial charge in [-0.1, -0.05) is 39.3 Å². The van der Waals surface area contributed by atoms with Crippen LogP contribution in [0.4, 0.5) is 5.69 Å². The zero-order chi connectivity index (χ0) is 21.0. The lowest BCUT2D eigenvalue weighted by atomic mass is 10.0. The Kier molecular flexibility index (Phi) is 7.07. The van der Waals surface area contributed by atoms with Crippen molar-refractivity contribution in [3.63, 3.8) is 0 Å². The minimum atomic E-state index is -0.458. The normalized spacial score (nSPS) is 12.2. The number of anilines is 1. The predicted octanol–water partition coefficient (Wildman–Crippen LogP) is 4.37. The maximum atomic E-state index is 12.7. The second-order valence-corrected chi connectivity index (χ2v) is 7.55. The molecular formula is C20H26ClN3O4. The number of methoxy groups -OCH3 is 1. The van der Waals surface area contributed by atoms with Crippen LogP contribution >= 0.6 is 11.6 Å². The van der Waals surface area contributed by atoms with Gasteiger partial charge in [-0.3, -0.25) is 9.59 Å². The van der Waals surface area contributed by atoms with Crippen LogP contribution in [0.2, 0.25) is 5.02 Å². The summed E-state index contributed by atoms with van der Waals surface area (Å²) in [5.41, 5.74) is 0.543. The molecule has 0 fully saturated rings. The molecule has 8 heteroatoms. The molecule has 0 saturated heterocycles. The minimum Gasteiger partial charge on any atom is -0.497 e. The van der Waals surface area contributed by atoms with Crippen molar-refractivity contribution in [2.75, 3.05) is 12.4 Å². The fourth-order valence-corrected chi connectivity index (χ4v) is 2.67. The highest BCUT2D eigenvalue weighted by atomic mass is 35.5. The molecule has 0 aliphatic rings. The third-order valence-corrected chi connectivity index (χ3v) is 4.53. The number of rotatable bonds is 7. The van der Waals surface area contributed by atoms with E-state index in [2.05, 4.69) is 15.6 Å². The Labute approximate surface area is 169 Å². The van der Waals surface area contributed by atoms with Gasteiger partial charge in [0.15, 0.2) is 5.69 Å². The molecule has 7 nitrogen and oxygen atoms in total. The summed E-state index contributed by atoms with van der Waals surface area (Å²) in [7, 11) is 1.53. The van der Waals surface area contributed by atoms with Gasteiger partial charge in [0.25, 0.3) is 5.91 Å². The lowest BCUT2D eigenvalue weighted by Gasteiger charge is -2.20. The Balaban J connectivity index is 2.27. The number of nitrogens with zero attached hydrogens (tertiary/aromatic N) is 1. The average molecular weight is 408 g/mol. The third kappa shape index (κ3) is 5.04. The molecule has 0 aliphatic carbocycles. The number of carbonyl (C=O) groups excluding carboxylic acids is 2. The van der Waals surface area contributed by atoms with E-state index >= 15 is 0 Å². The van der Waals surface area contributed by atoms with E-state index in [1.165, 1.54) is 7.11 Å². The van der Waals surface area contributed by atoms with E-state index in [4.69, 9.17) is 20.8 Å². The molecule has 1 aromatic carbocycles. The van der Waals surface area contributed by atoms with Crippen LogP contribution < -0.4 is 15.4 Å². The zero-order valence-corrected chi connectivity index (χ0v) is 17.7. The van der Waals surface area contributed by atoms with E-state index in [-0.39, 0.29) is 23.4 Å². The van der Waals surface area contributed by atoms with Crippen LogP contribution in [-0.4, -0.2) is 23.9 Å². The topological polar surface area (TPSA) is 93.5 Å². The van der Waals surface area contributed by atoms with Crippen molar-refractivity contribution in [2.24, 2.45) is 11.8 Å². The van der Waals surface area contributed by atoms with Crippen molar-refractivity contribution in [1.82, 2.24) is 10.3 Å². The van der Waals surface area contributed by atoms with E-state index < -0.39 is 11.9 Å². The number of oxazole rings is 1. The molecule has 152 valence electrons. The number of aryl methyl sites for hydroxylation is 1. The van der Waals surface area contributed by atoms with Crippen LogP contribution in [0.5, 0.6) is 5.75 Å². The summed E-state index contributed by atoms with van der Waals surface area (Å²) in [6.07, 6.45) is 0. The van der Waals surface area contributed by atoms with Gasteiger partial charge in [-0.05, 0) is 25.0 Å². The number of ether oxygens (including phenoxy) is 1.